The van der Waals surface area contributed by atoms with Crippen LogP contribution >= 0.6 is 15.9 Å². The van der Waals surface area contributed by atoms with Gasteiger partial charge in [0.25, 0.3) is 0 Å². The van der Waals surface area contributed by atoms with Gasteiger partial charge in [-0.25, -0.2) is 9.97 Å². The lowest BCUT2D eigenvalue weighted by atomic mass is 9.70. The van der Waals surface area contributed by atoms with Gasteiger partial charge in [0.1, 0.15) is 4.60 Å². The second-order valence-electron chi connectivity index (χ2n) is 5.46. The highest BCUT2D eigenvalue weighted by Crippen LogP contribution is 2.39. The minimum absolute atomic E-state index is 0.516. The largest absolute Gasteiger partial charge is 0.311 e. The topological polar surface area (TPSA) is 42.2 Å². The fourth-order valence-corrected chi connectivity index (χ4v) is 2.80. The maximum atomic E-state index is 4.35. The minimum Gasteiger partial charge on any atom is -0.311 e. The van der Waals surface area contributed by atoms with Crippen molar-refractivity contribution < 1.29 is 0 Å². The molecular weight excluding hydrogens is 292 g/mol. The molecule has 96 valence electrons. The molecule has 1 aliphatic carbocycles. The highest BCUT2D eigenvalue weighted by Gasteiger charge is 2.30. The third-order valence-corrected chi connectivity index (χ3v) is 4.27. The summed E-state index contributed by atoms with van der Waals surface area (Å²) in [7, 11) is 0. The Morgan fingerprint density at radius 2 is 2.22 bits per heavy atom. The van der Waals surface area contributed by atoms with E-state index >= 15 is 0 Å². The molecule has 0 aromatic carbocycles. The van der Waals surface area contributed by atoms with Crippen molar-refractivity contribution in [3.63, 3.8) is 0 Å². The molecule has 0 amide bonds. The van der Waals surface area contributed by atoms with Crippen LogP contribution in [0.1, 0.15) is 31.9 Å². The van der Waals surface area contributed by atoms with Gasteiger partial charge in [0, 0.05) is 19.3 Å². The Kier molecular flexibility index (Phi) is 3.11. The zero-order chi connectivity index (χ0) is 12.6. The first-order valence-electron chi connectivity index (χ1n) is 6.35. The monoisotopic (exact) mass is 308 g/mol. The van der Waals surface area contributed by atoms with E-state index in [1.165, 1.54) is 25.0 Å². The molecule has 3 rings (SSSR count). The molecule has 2 aromatic rings. The van der Waals surface area contributed by atoms with Crippen molar-refractivity contribution >= 4 is 21.6 Å². The summed E-state index contributed by atoms with van der Waals surface area (Å²) in [5.41, 5.74) is 2.59. The van der Waals surface area contributed by atoms with E-state index in [9.17, 15) is 0 Å². The lowest BCUT2D eigenvalue weighted by Gasteiger charge is -2.38. The maximum absolute atomic E-state index is 4.35. The first-order valence-corrected chi connectivity index (χ1v) is 7.14. The number of rotatable bonds is 4. The first kappa shape index (κ1) is 12.1. The van der Waals surface area contributed by atoms with Crippen molar-refractivity contribution in [2.75, 3.05) is 6.54 Å². The van der Waals surface area contributed by atoms with Crippen LogP contribution in [0.15, 0.2) is 23.2 Å². The van der Waals surface area contributed by atoms with E-state index in [2.05, 4.69) is 42.5 Å². The summed E-state index contributed by atoms with van der Waals surface area (Å²) in [4.78, 5) is 8.52. The highest BCUT2D eigenvalue weighted by atomic mass is 79.9. The molecule has 1 fully saturated rings. The molecule has 0 saturated heterocycles. The summed E-state index contributed by atoms with van der Waals surface area (Å²) in [6.45, 7) is 4.30. The molecule has 0 spiro atoms. The average Bonchev–Trinajstić information content (AvgIpc) is 2.70. The number of nitrogens with zero attached hydrogens (tertiary/aromatic N) is 3. The number of aromatic nitrogens is 3. The van der Waals surface area contributed by atoms with Crippen LogP contribution in [0.4, 0.5) is 0 Å². The molecule has 0 atom stereocenters. The summed E-state index contributed by atoms with van der Waals surface area (Å²) in [5.74, 6) is 0. The first-order chi connectivity index (χ1) is 8.66. The Morgan fingerprint density at radius 3 is 2.94 bits per heavy atom. The van der Waals surface area contributed by atoms with Crippen LogP contribution in [0.25, 0.3) is 5.65 Å². The third kappa shape index (κ3) is 2.29. The second kappa shape index (κ2) is 4.63. The van der Waals surface area contributed by atoms with Crippen LogP contribution in [0, 0.1) is 5.41 Å². The van der Waals surface area contributed by atoms with Gasteiger partial charge in [-0.2, -0.15) is 0 Å². The predicted octanol–water partition coefficient (Wildman–Crippen LogP) is 2.77. The van der Waals surface area contributed by atoms with Crippen molar-refractivity contribution in [1.29, 1.82) is 0 Å². The van der Waals surface area contributed by atoms with E-state index in [-0.39, 0.29) is 0 Å². The molecule has 5 heteroatoms. The quantitative estimate of drug-likeness (QED) is 0.944. The zero-order valence-corrected chi connectivity index (χ0v) is 12.1. The van der Waals surface area contributed by atoms with Gasteiger partial charge in [-0.05, 0) is 34.2 Å². The Labute approximate surface area is 115 Å². The number of hydrogen-bond acceptors (Lipinski definition) is 3. The van der Waals surface area contributed by atoms with Crippen LogP contribution < -0.4 is 5.32 Å². The SMILES string of the molecule is CC1(CNCc2cnc3cnc(Br)cn23)CCC1. The van der Waals surface area contributed by atoms with Crippen LogP contribution in [0.5, 0.6) is 0 Å². The summed E-state index contributed by atoms with van der Waals surface area (Å²) < 4.78 is 2.91. The van der Waals surface area contributed by atoms with E-state index in [1.807, 2.05) is 12.4 Å². The standard InChI is InChI=1S/C13H17BrN4/c1-13(3-2-4-13)9-15-5-10-6-17-12-7-16-11(14)8-18(10)12/h6-8,15H,2-5,9H2,1H3. The van der Waals surface area contributed by atoms with Gasteiger partial charge in [0.05, 0.1) is 18.1 Å². The maximum Gasteiger partial charge on any atom is 0.155 e. The fourth-order valence-electron chi connectivity index (χ4n) is 2.50. The lowest BCUT2D eigenvalue weighted by Crippen LogP contribution is -2.37. The van der Waals surface area contributed by atoms with Gasteiger partial charge in [-0.3, -0.25) is 4.40 Å². The Hall–Kier alpha value is -0.940. The number of fused-ring (bicyclic) bond motifs is 1. The van der Waals surface area contributed by atoms with E-state index < -0.39 is 0 Å². The fraction of sp³-hybridized carbons (Fsp3) is 0.538. The van der Waals surface area contributed by atoms with Crippen molar-refractivity contribution in [3.05, 3.63) is 28.9 Å². The normalized spacial score (nSPS) is 17.9. The van der Waals surface area contributed by atoms with Gasteiger partial charge < -0.3 is 5.32 Å². The molecule has 1 N–H and O–H groups in total. The van der Waals surface area contributed by atoms with Crippen molar-refractivity contribution in [3.8, 4) is 0 Å². The summed E-state index contributed by atoms with van der Waals surface area (Å²) in [6.07, 6.45) is 9.74. The van der Waals surface area contributed by atoms with E-state index in [1.54, 1.807) is 6.20 Å². The second-order valence-corrected chi connectivity index (χ2v) is 6.27. The zero-order valence-electron chi connectivity index (χ0n) is 10.5. The van der Waals surface area contributed by atoms with E-state index in [0.29, 0.717) is 5.41 Å². The molecule has 0 bridgehead atoms. The van der Waals surface area contributed by atoms with Gasteiger partial charge in [0.2, 0.25) is 0 Å². The number of halogens is 1. The van der Waals surface area contributed by atoms with Crippen molar-refractivity contribution in [1.82, 2.24) is 19.7 Å². The Morgan fingerprint density at radius 1 is 1.39 bits per heavy atom. The van der Waals surface area contributed by atoms with Crippen LogP contribution in [0.3, 0.4) is 0 Å². The molecule has 0 radical (unpaired) electrons. The summed E-state index contributed by atoms with van der Waals surface area (Å²) in [6, 6.07) is 0. The smallest absolute Gasteiger partial charge is 0.155 e. The third-order valence-electron chi connectivity index (χ3n) is 3.86. The van der Waals surface area contributed by atoms with Gasteiger partial charge >= 0.3 is 0 Å². The lowest BCUT2D eigenvalue weighted by molar-refractivity contribution is 0.156. The molecule has 4 nitrogen and oxygen atoms in total. The van der Waals surface area contributed by atoms with Gasteiger partial charge in [-0.15, -0.1) is 0 Å². The minimum atomic E-state index is 0.516. The van der Waals surface area contributed by atoms with Crippen molar-refractivity contribution in [2.45, 2.75) is 32.7 Å². The van der Waals surface area contributed by atoms with E-state index in [0.717, 1.165) is 23.3 Å². The Bertz CT molecular complexity index is 559. The molecule has 0 unspecified atom stereocenters. The summed E-state index contributed by atoms with van der Waals surface area (Å²) >= 11 is 3.39. The molecule has 2 aromatic heterocycles. The van der Waals surface area contributed by atoms with Crippen molar-refractivity contribution in [2.24, 2.45) is 5.41 Å². The van der Waals surface area contributed by atoms with Gasteiger partial charge in [0.15, 0.2) is 5.65 Å². The molecule has 18 heavy (non-hydrogen) atoms. The summed E-state index contributed by atoms with van der Waals surface area (Å²) in [5, 5.41) is 3.55. The molecule has 1 saturated carbocycles. The molecule has 1 aliphatic rings. The number of imidazole rings is 1. The highest BCUT2D eigenvalue weighted by molar-refractivity contribution is 9.10. The average molecular weight is 309 g/mol. The number of hydrogen-bond donors (Lipinski definition) is 1. The molecule has 0 aliphatic heterocycles. The molecule has 2 heterocycles. The van der Waals surface area contributed by atoms with Gasteiger partial charge in [-0.1, -0.05) is 13.3 Å². The Balaban J connectivity index is 1.69. The number of nitrogens with one attached hydrogen (secondary N) is 1. The predicted molar refractivity (Wildman–Crippen MR) is 74.4 cm³/mol. The van der Waals surface area contributed by atoms with Crippen LogP contribution in [-0.2, 0) is 6.54 Å². The van der Waals surface area contributed by atoms with Crippen LogP contribution in [-0.4, -0.2) is 20.9 Å². The van der Waals surface area contributed by atoms with Crippen LogP contribution in [0.2, 0.25) is 0 Å². The molecular formula is C13H17BrN4. The van der Waals surface area contributed by atoms with E-state index in [4.69, 9.17) is 0 Å².